The number of benzene rings is 1. The molecule has 0 aliphatic rings. The van der Waals surface area contributed by atoms with Crippen LogP contribution in [0.1, 0.15) is 38.7 Å². The van der Waals surface area contributed by atoms with Crippen LogP contribution in [0.5, 0.6) is 0 Å². The Morgan fingerprint density at radius 3 is 2.39 bits per heavy atom. The molecule has 1 aromatic rings. The van der Waals surface area contributed by atoms with E-state index in [1.807, 2.05) is 44.2 Å². The molecule has 0 radical (unpaired) electrons. The molecule has 5 nitrogen and oxygen atoms in total. The third-order valence-electron chi connectivity index (χ3n) is 3.41. The molecule has 0 fully saturated rings. The van der Waals surface area contributed by atoms with Crippen LogP contribution in [0.15, 0.2) is 48.9 Å². The van der Waals surface area contributed by atoms with Gasteiger partial charge in [0.25, 0.3) is 0 Å². The van der Waals surface area contributed by atoms with Crippen LogP contribution in [0.3, 0.4) is 0 Å². The minimum atomic E-state index is -0.808. The largest absolute Gasteiger partial charge is 0.461 e. The molecule has 0 unspecified atom stereocenters. The molecule has 126 valence electrons. The highest BCUT2D eigenvalue weighted by atomic mass is 16.5. The quantitative estimate of drug-likeness (QED) is 0.540. The predicted molar refractivity (Wildman–Crippen MR) is 91.9 cm³/mol. The topological polar surface area (TPSA) is 87.6 Å². The van der Waals surface area contributed by atoms with E-state index in [9.17, 15) is 4.79 Å². The van der Waals surface area contributed by atoms with Gasteiger partial charge < -0.3 is 20.9 Å². The van der Waals surface area contributed by atoms with E-state index < -0.39 is 12.0 Å². The second-order valence-electron chi connectivity index (χ2n) is 5.22. The van der Waals surface area contributed by atoms with Crippen LogP contribution in [0.2, 0.25) is 0 Å². The van der Waals surface area contributed by atoms with Gasteiger partial charge in [-0.3, -0.25) is 4.79 Å². The van der Waals surface area contributed by atoms with Crippen molar-refractivity contribution in [3.05, 3.63) is 54.4 Å². The second-order valence-corrected chi connectivity index (χ2v) is 5.22. The monoisotopic (exact) mass is 318 g/mol. The lowest BCUT2D eigenvalue weighted by molar-refractivity contribution is -0.151. The van der Waals surface area contributed by atoms with Crippen LogP contribution >= 0.6 is 0 Å². The number of nitrogens with two attached hydrogens (primary N) is 2. The Balaban J connectivity index is 2.57. The summed E-state index contributed by atoms with van der Waals surface area (Å²) in [4.78, 5) is 11.9. The minimum absolute atomic E-state index is 0.105. The molecule has 0 heterocycles. The van der Waals surface area contributed by atoms with E-state index in [2.05, 4.69) is 6.58 Å². The summed E-state index contributed by atoms with van der Waals surface area (Å²) in [7, 11) is 0. The fraction of sp³-hybridized carbons (Fsp3) is 0.389. The summed E-state index contributed by atoms with van der Waals surface area (Å²) in [5, 5.41) is 0. The molecule has 0 saturated heterocycles. The zero-order chi connectivity index (χ0) is 17.2. The van der Waals surface area contributed by atoms with E-state index in [1.54, 1.807) is 0 Å². The maximum absolute atomic E-state index is 11.9. The summed E-state index contributed by atoms with van der Waals surface area (Å²) in [6, 6.07) is 8.59. The Bertz CT molecular complexity index is 536. The van der Waals surface area contributed by atoms with Crippen LogP contribution in [-0.2, 0) is 14.3 Å². The summed E-state index contributed by atoms with van der Waals surface area (Å²) in [6.07, 6.45) is 2.95. The molecular formula is C18H26N2O3. The SMILES string of the molecule is C=C(C[C@H](N)C(=O)OC(CC)CC)O/C(=C\N)c1ccccc1. The van der Waals surface area contributed by atoms with Crippen molar-refractivity contribution in [2.24, 2.45) is 11.5 Å². The van der Waals surface area contributed by atoms with E-state index >= 15 is 0 Å². The van der Waals surface area contributed by atoms with Gasteiger partial charge in [0.15, 0.2) is 0 Å². The molecule has 1 atom stereocenters. The summed E-state index contributed by atoms with van der Waals surface area (Å²) < 4.78 is 10.9. The first-order valence-electron chi connectivity index (χ1n) is 7.80. The average molecular weight is 318 g/mol. The van der Waals surface area contributed by atoms with Crippen molar-refractivity contribution < 1.29 is 14.3 Å². The molecule has 0 aliphatic heterocycles. The number of carbonyl (C=O) groups excluding carboxylic acids is 1. The van der Waals surface area contributed by atoms with Crippen LogP contribution in [0.25, 0.3) is 5.76 Å². The number of hydrogen-bond acceptors (Lipinski definition) is 5. The molecule has 0 spiro atoms. The number of hydrogen-bond donors (Lipinski definition) is 2. The molecule has 5 heteroatoms. The number of carbonyl (C=O) groups is 1. The van der Waals surface area contributed by atoms with E-state index in [4.69, 9.17) is 20.9 Å². The first-order chi connectivity index (χ1) is 11.0. The van der Waals surface area contributed by atoms with Gasteiger partial charge in [-0.1, -0.05) is 50.8 Å². The van der Waals surface area contributed by atoms with Gasteiger partial charge in [-0.25, -0.2) is 0 Å². The van der Waals surface area contributed by atoms with E-state index in [-0.39, 0.29) is 12.5 Å². The fourth-order valence-electron chi connectivity index (χ4n) is 2.02. The van der Waals surface area contributed by atoms with Gasteiger partial charge in [0.1, 0.15) is 17.9 Å². The summed E-state index contributed by atoms with van der Waals surface area (Å²) >= 11 is 0. The lowest BCUT2D eigenvalue weighted by Gasteiger charge is -2.19. The van der Waals surface area contributed by atoms with Gasteiger partial charge in [0, 0.05) is 18.2 Å². The predicted octanol–water partition coefficient (Wildman–Crippen LogP) is 2.92. The van der Waals surface area contributed by atoms with Gasteiger partial charge >= 0.3 is 5.97 Å². The molecule has 1 rings (SSSR count). The maximum Gasteiger partial charge on any atom is 0.323 e. The summed E-state index contributed by atoms with van der Waals surface area (Å²) in [5.41, 5.74) is 12.3. The summed E-state index contributed by atoms with van der Waals surface area (Å²) in [5.74, 6) is 0.386. The highest BCUT2D eigenvalue weighted by molar-refractivity contribution is 5.76. The standard InChI is InChI=1S/C18H26N2O3/c1-4-15(5-2)23-18(21)16(20)11-13(3)22-17(12-19)14-9-7-6-8-10-14/h6-10,12,15-16H,3-5,11,19-20H2,1-2H3/b17-12-/t16-/m0/s1. The van der Waals surface area contributed by atoms with E-state index in [0.29, 0.717) is 11.5 Å². The van der Waals surface area contributed by atoms with Gasteiger partial charge in [0.2, 0.25) is 0 Å². The van der Waals surface area contributed by atoms with Crippen molar-refractivity contribution in [1.29, 1.82) is 0 Å². The van der Waals surface area contributed by atoms with Gasteiger partial charge in [-0.15, -0.1) is 0 Å². The van der Waals surface area contributed by atoms with Crippen molar-refractivity contribution in [2.75, 3.05) is 0 Å². The Kier molecular flexibility index (Phi) is 7.91. The molecule has 1 aromatic carbocycles. The third-order valence-corrected chi connectivity index (χ3v) is 3.41. The number of ether oxygens (including phenoxy) is 2. The Labute approximate surface area is 137 Å². The zero-order valence-electron chi connectivity index (χ0n) is 13.8. The lowest BCUT2D eigenvalue weighted by Crippen LogP contribution is -2.35. The summed E-state index contributed by atoms with van der Waals surface area (Å²) in [6.45, 7) is 7.73. The van der Waals surface area contributed by atoms with Crippen molar-refractivity contribution in [3.8, 4) is 0 Å². The Hall–Kier alpha value is -2.27. The van der Waals surface area contributed by atoms with Crippen molar-refractivity contribution in [3.63, 3.8) is 0 Å². The molecule has 0 saturated carbocycles. The van der Waals surface area contributed by atoms with Crippen LogP contribution < -0.4 is 11.5 Å². The molecule has 0 bridgehead atoms. The molecule has 0 amide bonds. The van der Waals surface area contributed by atoms with Crippen LogP contribution in [0, 0.1) is 0 Å². The lowest BCUT2D eigenvalue weighted by atomic mass is 10.1. The van der Waals surface area contributed by atoms with Crippen molar-refractivity contribution in [1.82, 2.24) is 0 Å². The molecule has 0 aliphatic carbocycles. The van der Waals surface area contributed by atoms with Gasteiger partial charge in [0.05, 0.1) is 5.76 Å². The first-order valence-corrected chi connectivity index (χ1v) is 7.80. The average Bonchev–Trinajstić information content (AvgIpc) is 2.57. The minimum Gasteiger partial charge on any atom is -0.461 e. The second kappa shape index (κ2) is 9.69. The van der Waals surface area contributed by atoms with E-state index in [1.165, 1.54) is 6.20 Å². The van der Waals surface area contributed by atoms with Crippen LogP contribution in [-0.4, -0.2) is 18.1 Å². The molecule has 0 aromatic heterocycles. The number of rotatable bonds is 9. The molecule has 23 heavy (non-hydrogen) atoms. The Morgan fingerprint density at radius 1 is 1.26 bits per heavy atom. The van der Waals surface area contributed by atoms with Crippen molar-refractivity contribution >= 4 is 11.7 Å². The fourth-order valence-corrected chi connectivity index (χ4v) is 2.02. The normalized spacial score (nSPS) is 12.8. The zero-order valence-corrected chi connectivity index (χ0v) is 13.8. The molecular weight excluding hydrogens is 292 g/mol. The van der Waals surface area contributed by atoms with Crippen LogP contribution in [0.4, 0.5) is 0 Å². The number of esters is 1. The van der Waals surface area contributed by atoms with Crippen molar-refractivity contribution in [2.45, 2.75) is 45.3 Å². The first kappa shape index (κ1) is 18.8. The molecule has 4 N–H and O–H groups in total. The Morgan fingerprint density at radius 2 is 1.87 bits per heavy atom. The van der Waals surface area contributed by atoms with Gasteiger partial charge in [-0.05, 0) is 12.8 Å². The van der Waals surface area contributed by atoms with E-state index in [0.717, 1.165) is 18.4 Å². The maximum atomic E-state index is 11.9. The smallest absolute Gasteiger partial charge is 0.323 e. The highest BCUT2D eigenvalue weighted by Crippen LogP contribution is 2.20. The third kappa shape index (κ3) is 6.16. The van der Waals surface area contributed by atoms with Gasteiger partial charge in [-0.2, -0.15) is 0 Å². The highest BCUT2D eigenvalue weighted by Gasteiger charge is 2.20.